The fourth-order valence-corrected chi connectivity index (χ4v) is 6.68. The minimum Gasteiger partial charge on any atom is -0.354 e. The maximum atomic E-state index is 14.4. The van der Waals surface area contributed by atoms with Crippen LogP contribution in [0.25, 0.3) is 0 Å². The summed E-state index contributed by atoms with van der Waals surface area (Å²) in [7, 11) is -4.27. The highest BCUT2D eigenvalue weighted by Gasteiger charge is 2.34. The zero-order chi connectivity index (χ0) is 32.6. The first-order valence-corrected chi connectivity index (χ1v) is 17.0. The van der Waals surface area contributed by atoms with E-state index in [0.717, 1.165) is 9.87 Å². The van der Waals surface area contributed by atoms with Crippen molar-refractivity contribution in [3.63, 3.8) is 0 Å². The van der Waals surface area contributed by atoms with Crippen LogP contribution < -0.4 is 9.62 Å². The minimum absolute atomic E-state index is 0.0265. The first-order valence-electron chi connectivity index (χ1n) is 14.1. The van der Waals surface area contributed by atoms with Gasteiger partial charge in [-0.05, 0) is 60.0 Å². The summed E-state index contributed by atoms with van der Waals surface area (Å²) < 4.78 is 29.0. The van der Waals surface area contributed by atoms with Crippen LogP contribution in [0.3, 0.4) is 0 Å². The lowest BCUT2D eigenvalue weighted by Crippen LogP contribution is -2.53. The number of hydrogen-bond donors (Lipinski definition) is 1. The lowest BCUT2D eigenvalue weighted by molar-refractivity contribution is -0.140. The van der Waals surface area contributed by atoms with E-state index in [0.29, 0.717) is 23.6 Å². The van der Waals surface area contributed by atoms with Crippen LogP contribution in [0.15, 0.2) is 102 Å². The molecule has 0 saturated carbocycles. The highest BCUT2D eigenvalue weighted by Crippen LogP contribution is 2.31. The van der Waals surface area contributed by atoms with Gasteiger partial charge in [-0.3, -0.25) is 13.9 Å². The van der Waals surface area contributed by atoms with Crippen molar-refractivity contribution >= 4 is 73.9 Å². The zero-order valence-electron chi connectivity index (χ0n) is 24.3. The molecule has 0 heterocycles. The molecule has 0 fully saturated rings. The maximum absolute atomic E-state index is 14.4. The maximum Gasteiger partial charge on any atom is 0.264 e. The first kappa shape index (κ1) is 34.6. The predicted octanol–water partition coefficient (Wildman–Crippen LogP) is 7.66. The van der Waals surface area contributed by atoms with Crippen LogP contribution >= 0.6 is 46.4 Å². The van der Waals surface area contributed by atoms with Crippen molar-refractivity contribution in [2.24, 2.45) is 0 Å². The van der Waals surface area contributed by atoms with E-state index in [1.54, 1.807) is 36.4 Å². The van der Waals surface area contributed by atoms with Crippen molar-refractivity contribution in [1.29, 1.82) is 0 Å². The van der Waals surface area contributed by atoms with Gasteiger partial charge in [-0.1, -0.05) is 108 Å². The predicted molar refractivity (Wildman–Crippen MR) is 182 cm³/mol. The molecule has 4 aromatic rings. The third-order valence-electron chi connectivity index (χ3n) is 6.96. The Balaban J connectivity index is 1.82. The number of benzene rings is 4. The molecule has 7 nitrogen and oxygen atoms in total. The molecule has 0 spiro atoms. The molecule has 2 amide bonds. The number of carbonyl (C=O) groups is 2. The number of nitrogens with one attached hydrogen (secondary N) is 1. The molecule has 0 aliphatic rings. The summed E-state index contributed by atoms with van der Waals surface area (Å²) in [4.78, 5) is 29.5. The molecule has 236 valence electrons. The van der Waals surface area contributed by atoms with Gasteiger partial charge in [0.15, 0.2) is 0 Å². The summed E-state index contributed by atoms with van der Waals surface area (Å²) in [6, 6.07) is 25.3. The monoisotopic (exact) mass is 705 g/mol. The van der Waals surface area contributed by atoms with E-state index in [-0.39, 0.29) is 44.5 Å². The van der Waals surface area contributed by atoms with Crippen LogP contribution in [0.1, 0.15) is 24.5 Å². The summed E-state index contributed by atoms with van der Waals surface area (Å²) in [6.45, 7) is 1.64. The Morgan fingerprint density at radius 2 is 1.36 bits per heavy atom. The molecule has 4 aromatic carbocycles. The smallest absolute Gasteiger partial charge is 0.264 e. The Kier molecular flexibility index (Phi) is 12.2. The number of halogens is 4. The Morgan fingerprint density at radius 1 is 0.756 bits per heavy atom. The fourth-order valence-electron chi connectivity index (χ4n) is 4.64. The first-order chi connectivity index (χ1) is 21.5. The van der Waals surface area contributed by atoms with Gasteiger partial charge < -0.3 is 10.2 Å². The standard InChI is InChI=1S/C33H31Cl4N3O4S/c1-2-17-38-33(42)31(19-23-9-5-3-6-10-23)39(21-24-13-15-27(34)29(36)18-24)32(41)22-40(25-14-16-28(35)30(37)20-25)45(43,44)26-11-7-4-8-12-26/h3-16,18,20,31H,2,17,19,21-22H2,1H3,(H,38,42). The highest BCUT2D eigenvalue weighted by molar-refractivity contribution is 7.92. The van der Waals surface area contributed by atoms with E-state index in [1.807, 2.05) is 37.3 Å². The molecule has 45 heavy (non-hydrogen) atoms. The molecule has 0 radical (unpaired) electrons. The topological polar surface area (TPSA) is 86.8 Å². The van der Waals surface area contributed by atoms with E-state index in [9.17, 15) is 18.0 Å². The molecule has 0 saturated heterocycles. The van der Waals surface area contributed by atoms with Gasteiger partial charge >= 0.3 is 0 Å². The van der Waals surface area contributed by atoms with Crippen molar-refractivity contribution in [1.82, 2.24) is 10.2 Å². The Bertz CT molecular complexity index is 1740. The van der Waals surface area contributed by atoms with Gasteiger partial charge in [-0.25, -0.2) is 8.42 Å². The highest BCUT2D eigenvalue weighted by atomic mass is 35.5. The van der Waals surface area contributed by atoms with Gasteiger partial charge in [0.05, 0.1) is 30.7 Å². The molecule has 1 N–H and O–H groups in total. The molecule has 12 heteroatoms. The number of rotatable bonds is 13. The molecule has 0 aliphatic carbocycles. The van der Waals surface area contributed by atoms with Crippen molar-refractivity contribution in [2.45, 2.75) is 37.2 Å². The second-order valence-electron chi connectivity index (χ2n) is 10.2. The van der Waals surface area contributed by atoms with E-state index in [2.05, 4.69) is 5.32 Å². The SMILES string of the molecule is CCCNC(=O)C(Cc1ccccc1)N(Cc1ccc(Cl)c(Cl)c1)C(=O)CN(c1ccc(Cl)c(Cl)c1)S(=O)(=O)c1ccccc1. The molecule has 0 bridgehead atoms. The van der Waals surface area contributed by atoms with Gasteiger partial charge in [0.2, 0.25) is 11.8 Å². The van der Waals surface area contributed by atoms with Gasteiger partial charge in [0.25, 0.3) is 10.0 Å². The Morgan fingerprint density at radius 3 is 1.96 bits per heavy atom. The number of anilines is 1. The molecular formula is C33H31Cl4N3O4S. The summed E-state index contributed by atoms with van der Waals surface area (Å²) in [5.41, 5.74) is 1.55. The average Bonchev–Trinajstić information content (AvgIpc) is 3.04. The number of nitrogens with zero attached hydrogens (tertiary/aromatic N) is 2. The summed E-state index contributed by atoms with van der Waals surface area (Å²) in [6.07, 6.45) is 0.868. The van der Waals surface area contributed by atoms with Crippen molar-refractivity contribution in [3.8, 4) is 0 Å². The van der Waals surface area contributed by atoms with Crippen LogP contribution in [-0.2, 0) is 32.6 Å². The van der Waals surface area contributed by atoms with Gasteiger partial charge in [-0.15, -0.1) is 0 Å². The molecule has 0 aromatic heterocycles. The Labute approximate surface area is 283 Å². The second-order valence-corrected chi connectivity index (χ2v) is 13.7. The van der Waals surface area contributed by atoms with Crippen molar-refractivity contribution in [3.05, 3.63) is 128 Å². The molecule has 1 unspecified atom stereocenters. The quantitative estimate of drug-likeness (QED) is 0.155. The second kappa shape index (κ2) is 15.8. The third kappa shape index (κ3) is 8.93. The minimum atomic E-state index is -4.27. The van der Waals surface area contributed by atoms with Crippen LogP contribution in [0.5, 0.6) is 0 Å². The van der Waals surface area contributed by atoms with Crippen LogP contribution in [0.4, 0.5) is 5.69 Å². The van der Waals surface area contributed by atoms with Crippen molar-refractivity contribution in [2.75, 3.05) is 17.4 Å². The molecule has 0 aliphatic heterocycles. The zero-order valence-corrected chi connectivity index (χ0v) is 28.1. The lowest BCUT2D eigenvalue weighted by Gasteiger charge is -2.34. The summed E-state index contributed by atoms with van der Waals surface area (Å²) in [5.74, 6) is -1.000. The van der Waals surface area contributed by atoms with E-state index < -0.39 is 28.5 Å². The molecule has 4 rings (SSSR count). The van der Waals surface area contributed by atoms with Gasteiger partial charge in [0, 0.05) is 19.5 Å². The summed E-state index contributed by atoms with van der Waals surface area (Å²) >= 11 is 24.9. The lowest BCUT2D eigenvalue weighted by atomic mass is 10.0. The van der Waals surface area contributed by atoms with Gasteiger partial charge in [-0.2, -0.15) is 0 Å². The molecule has 1 atom stereocenters. The van der Waals surface area contributed by atoms with Crippen LogP contribution in [0.2, 0.25) is 20.1 Å². The number of amides is 2. The van der Waals surface area contributed by atoms with E-state index >= 15 is 0 Å². The largest absolute Gasteiger partial charge is 0.354 e. The number of carbonyl (C=O) groups excluding carboxylic acids is 2. The van der Waals surface area contributed by atoms with Gasteiger partial charge in [0.1, 0.15) is 12.6 Å². The third-order valence-corrected chi connectivity index (χ3v) is 10.2. The average molecular weight is 708 g/mol. The fraction of sp³-hybridized carbons (Fsp3) is 0.212. The normalized spacial score (nSPS) is 11.9. The van der Waals surface area contributed by atoms with Crippen molar-refractivity contribution < 1.29 is 18.0 Å². The van der Waals surface area contributed by atoms with Crippen LogP contribution in [-0.4, -0.2) is 44.3 Å². The van der Waals surface area contributed by atoms with Crippen LogP contribution in [0, 0.1) is 0 Å². The number of hydrogen-bond acceptors (Lipinski definition) is 4. The van der Waals surface area contributed by atoms with E-state index in [1.165, 1.54) is 35.2 Å². The van der Waals surface area contributed by atoms with E-state index in [4.69, 9.17) is 46.4 Å². The summed E-state index contributed by atoms with van der Waals surface area (Å²) in [5, 5.41) is 3.85. The number of sulfonamides is 1. The Hall–Kier alpha value is -3.27. The molecular weight excluding hydrogens is 676 g/mol.